The van der Waals surface area contributed by atoms with Crippen LogP contribution < -0.4 is 10.6 Å². The van der Waals surface area contributed by atoms with Gasteiger partial charge < -0.3 is 10.6 Å². The van der Waals surface area contributed by atoms with Crippen LogP contribution >= 0.6 is 0 Å². The molecule has 0 atom stereocenters. The number of nitrogens with one attached hydrogen (secondary N) is 2. The summed E-state index contributed by atoms with van der Waals surface area (Å²) in [4.78, 5) is 8.66. The van der Waals surface area contributed by atoms with Crippen LogP contribution in [0.3, 0.4) is 0 Å². The lowest BCUT2D eigenvalue weighted by atomic mass is 10.1. The molecule has 90 valence electrons. The van der Waals surface area contributed by atoms with Crippen LogP contribution in [-0.4, -0.2) is 23.1 Å². The molecule has 4 nitrogen and oxygen atoms in total. The van der Waals surface area contributed by atoms with E-state index in [1.807, 2.05) is 13.0 Å². The Morgan fingerprint density at radius 1 is 1.19 bits per heavy atom. The van der Waals surface area contributed by atoms with E-state index in [9.17, 15) is 0 Å². The van der Waals surface area contributed by atoms with Gasteiger partial charge in [0.2, 0.25) is 0 Å². The number of aryl methyl sites for hydroxylation is 1. The molecule has 4 heteroatoms. The summed E-state index contributed by atoms with van der Waals surface area (Å²) in [6.45, 7) is 10.2. The van der Waals surface area contributed by atoms with Crippen molar-refractivity contribution in [2.45, 2.75) is 34.1 Å². The molecule has 0 bridgehead atoms. The minimum atomic E-state index is 0.712. The van der Waals surface area contributed by atoms with Gasteiger partial charge in [0.15, 0.2) is 0 Å². The van der Waals surface area contributed by atoms with Crippen LogP contribution in [0.1, 0.15) is 33.0 Å². The second-order valence-electron chi connectivity index (χ2n) is 4.33. The summed E-state index contributed by atoms with van der Waals surface area (Å²) in [5.74, 6) is 3.31. The monoisotopic (exact) mass is 222 g/mol. The molecule has 0 spiro atoms. The zero-order valence-electron chi connectivity index (χ0n) is 10.7. The van der Waals surface area contributed by atoms with Crippen molar-refractivity contribution in [3.8, 4) is 0 Å². The second-order valence-corrected chi connectivity index (χ2v) is 4.33. The summed E-state index contributed by atoms with van der Waals surface area (Å²) < 4.78 is 0. The number of rotatable bonds is 6. The van der Waals surface area contributed by atoms with Crippen LogP contribution in [0, 0.1) is 12.8 Å². The lowest BCUT2D eigenvalue weighted by Crippen LogP contribution is -2.09. The molecular weight excluding hydrogens is 200 g/mol. The van der Waals surface area contributed by atoms with Crippen molar-refractivity contribution < 1.29 is 0 Å². The van der Waals surface area contributed by atoms with Gasteiger partial charge in [-0.2, -0.15) is 0 Å². The average molecular weight is 222 g/mol. The van der Waals surface area contributed by atoms with Gasteiger partial charge in [0, 0.05) is 19.2 Å². The number of aromatic nitrogens is 2. The summed E-state index contributed by atoms with van der Waals surface area (Å²) in [7, 11) is 0. The smallest absolute Gasteiger partial charge is 0.131 e. The van der Waals surface area contributed by atoms with E-state index in [-0.39, 0.29) is 0 Å². The molecule has 0 radical (unpaired) electrons. The summed E-state index contributed by atoms with van der Waals surface area (Å²) in [6, 6.07) is 1.96. The van der Waals surface area contributed by atoms with Gasteiger partial charge in [-0.3, -0.25) is 0 Å². The molecule has 1 heterocycles. The summed E-state index contributed by atoms with van der Waals surface area (Å²) in [6.07, 6.45) is 1.15. The first-order valence-electron chi connectivity index (χ1n) is 5.95. The largest absolute Gasteiger partial charge is 0.370 e. The molecule has 0 aliphatic heterocycles. The fourth-order valence-corrected chi connectivity index (χ4v) is 1.42. The highest BCUT2D eigenvalue weighted by Gasteiger charge is 2.01. The zero-order chi connectivity index (χ0) is 12.0. The molecule has 0 unspecified atom stereocenters. The van der Waals surface area contributed by atoms with E-state index >= 15 is 0 Å². The molecule has 0 saturated carbocycles. The summed E-state index contributed by atoms with van der Waals surface area (Å²) in [5.41, 5.74) is 0. The number of hydrogen-bond acceptors (Lipinski definition) is 4. The number of anilines is 2. The minimum Gasteiger partial charge on any atom is -0.370 e. The fourth-order valence-electron chi connectivity index (χ4n) is 1.42. The molecule has 2 N–H and O–H groups in total. The molecule has 1 rings (SSSR count). The quantitative estimate of drug-likeness (QED) is 0.777. The van der Waals surface area contributed by atoms with Gasteiger partial charge in [-0.1, -0.05) is 13.8 Å². The van der Waals surface area contributed by atoms with E-state index in [0.717, 1.165) is 37.0 Å². The van der Waals surface area contributed by atoms with Crippen LogP contribution in [0.25, 0.3) is 0 Å². The molecule has 0 amide bonds. The minimum absolute atomic E-state index is 0.712. The van der Waals surface area contributed by atoms with Crippen molar-refractivity contribution in [3.05, 3.63) is 11.9 Å². The Morgan fingerprint density at radius 3 is 2.38 bits per heavy atom. The van der Waals surface area contributed by atoms with Crippen LogP contribution in [-0.2, 0) is 0 Å². The second kappa shape index (κ2) is 6.30. The van der Waals surface area contributed by atoms with Crippen molar-refractivity contribution in [2.75, 3.05) is 23.7 Å². The van der Waals surface area contributed by atoms with E-state index in [1.165, 1.54) is 0 Å². The van der Waals surface area contributed by atoms with Gasteiger partial charge in [0.05, 0.1) is 0 Å². The topological polar surface area (TPSA) is 49.8 Å². The molecule has 1 aromatic rings. The van der Waals surface area contributed by atoms with E-state index in [4.69, 9.17) is 0 Å². The lowest BCUT2D eigenvalue weighted by molar-refractivity contribution is 0.606. The van der Waals surface area contributed by atoms with Crippen molar-refractivity contribution in [1.29, 1.82) is 0 Å². The number of hydrogen-bond donors (Lipinski definition) is 2. The van der Waals surface area contributed by atoms with Crippen molar-refractivity contribution in [2.24, 2.45) is 5.92 Å². The van der Waals surface area contributed by atoms with Gasteiger partial charge in [-0.15, -0.1) is 0 Å². The zero-order valence-corrected chi connectivity index (χ0v) is 10.7. The third kappa shape index (κ3) is 4.47. The number of nitrogens with zero attached hydrogens (tertiary/aromatic N) is 2. The van der Waals surface area contributed by atoms with Gasteiger partial charge in [0.25, 0.3) is 0 Å². The van der Waals surface area contributed by atoms with Crippen LogP contribution in [0.15, 0.2) is 6.07 Å². The third-order valence-corrected chi connectivity index (χ3v) is 2.22. The molecular formula is C12H22N4. The maximum absolute atomic E-state index is 4.35. The molecule has 0 aromatic carbocycles. The van der Waals surface area contributed by atoms with Crippen LogP contribution in [0.2, 0.25) is 0 Å². The first-order chi connectivity index (χ1) is 7.61. The highest BCUT2D eigenvalue weighted by molar-refractivity contribution is 5.47. The average Bonchev–Trinajstić information content (AvgIpc) is 2.16. The SMILES string of the molecule is CCNc1cc(NCCC(C)C)nc(C)n1. The fraction of sp³-hybridized carbons (Fsp3) is 0.667. The third-order valence-electron chi connectivity index (χ3n) is 2.22. The van der Waals surface area contributed by atoms with Gasteiger partial charge in [-0.05, 0) is 26.2 Å². The highest BCUT2D eigenvalue weighted by atomic mass is 15.1. The Morgan fingerprint density at radius 2 is 1.81 bits per heavy atom. The first kappa shape index (κ1) is 12.7. The molecule has 0 aliphatic rings. The molecule has 0 fully saturated rings. The summed E-state index contributed by atoms with van der Waals surface area (Å²) >= 11 is 0. The lowest BCUT2D eigenvalue weighted by Gasteiger charge is -2.10. The molecule has 0 saturated heterocycles. The van der Waals surface area contributed by atoms with E-state index in [1.54, 1.807) is 0 Å². The highest BCUT2D eigenvalue weighted by Crippen LogP contribution is 2.11. The first-order valence-corrected chi connectivity index (χ1v) is 5.95. The standard InChI is InChI=1S/C12H22N4/c1-5-13-11-8-12(16-10(4)15-11)14-7-6-9(2)3/h8-9H,5-7H2,1-4H3,(H2,13,14,15,16). The van der Waals surface area contributed by atoms with E-state index in [0.29, 0.717) is 5.92 Å². The van der Waals surface area contributed by atoms with Gasteiger partial charge >= 0.3 is 0 Å². The Kier molecular flexibility index (Phi) is 5.02. The van der Waals surface area contributed by atoms with Crippen molar-refractivity contribution in [3.63, 3.8) is 0 Å². The van der Waals surface area contributed by atoms with Crippen LogP contribution in [0.5, 0.6) is 0 Å². The maximum Gasteiger partial charge on any atom is 0.131 e. The Balaban J connectivity index is 2.58. The van der Waals surface area contributed by atoms with Gasteiger partial charge in [-0.25, -0.2) is 9.97 Å². The maximum atomic E-state index is 4.35. The van der Waals surface area contributed by atoms with Crippen LogP contribution in [0.4, 0.5) is 11.6 Å². The normalized spacial score (nSPS) is 10.6. The van der Waals surface area contributed by atoms with E-state index in [2.05, 4.69) is 41.4 Å². The van der Waals surface area contributed by atoms with E-state index < -0.39 is 0 Å². The van der Waals surface area contributed by atoms with Crippen molar-refractivity contribution >= 4 is 11.6 Å². The molecule has 16 heavy (non-hydrogen) atoms. The molecule has 0 aliphatic carbocycles. The predicted molar refractivity (Wildman–Crippen MR) is 68.9 cm³/mol. The van der Waals surface area contributed by atoms with Crippen molar-refractivity contribution in [1.82, 2.24) is 9.97 Å². The van der Waals surface area contributed by atoms with Gasteiger partial charge in [0.1, 0.15) is 17.5 Å². The predicted octanol–water partition coefficient (Wildman–Crippen LogP) is 2.67. The Bertz CT molecular complexity index is 323. The summed E-state index contributed by atoms with van der Waals surface area (Å²) in [5, 5.41) is 6.52. The molecule has 1 aromatic heterocycles. The Hall–Kier alpha value is -1.32. The Labute approximate surface area is 97.9 Å².